The van der Waals surface area contributed by atoms with Crippen LogP contribution in [0.15, 0.2) is 48.5 Å². The SMILES string of the molecule is CCCCOc1ccc(/C=C/C(=O)NS(=O)(=O)CNc2ccc(F)cc2)cc1OC. The number of hydrogen-bond donors (Lipinski definition) is 2. The number of anilines is 1. The topological polar surface area (TPSA) is 93.7 Å². The largest absolute Gasteiger partial charge is 0.493 e. The van der Waals surface area contributed by atoms with Crippen LogP contribution in [0, 0.1) is 5.82 Å². The first-order chi connectivity index (χ1) is 14.3. The minimum Gasteiger partial charge on any atom is -0.493 e. The van der Waals surface area contributed by atoms with E-state index in [9.17, 15) is 17.6 Å². The molecule has 2 aromatic rings. The molecule has 7 nitrogen and oxygen atoms in total. The molecule has 0 aromatic heterocycles. The molecule has 0 bridgehead atoms. The molecule has 0 fully saturated rings. The second kappa shape index (κ2) is 11.2. The summed E-state index contributed by atoms with van der Waals surface area (Å²) in [5.41, 5.74) is 1.06. The lowest BCUT2D eigenvalue weighted by atomic mass is 10.2. The fourth-order valence-electron chi connectivity index (χ4n) is 2.37. The van der Waals surface area contributed by atoms with Gasteiger partial charge in [-0.2, -0.15) is 0 Å². The Labute approximate surface area is 175 Å². The number of methoxy groups -OCH3 is 1. The predicted octanol–water partition coefficient (Wildman–Crippen LogP) is 3.54. The molecule has 2 rings (SSSR count). The fourth-order valence-corrected chi connectivity index (χ4v) is 3.18. The number of hydrogen-bond acceptors (Lipinski definition) is 6. The van der Waals surface area contributed by atoms with Gasteiger partial charge in [-0.3, -0.25) is 4.79 Å². The summed E-state index contributed by atoms with van der Waals surface area (Å²) in [6.07, 6.45) is 4.52. The molecule has 0 atom stereocenters. The van der Waals surface area contributed by atoms with Crippen molar-refractivity contribution in [1.29, 1.82) is 0 Å². The van der Waals surface area contributed by atoms with E-state index in [1.54, 1.807) is 18.2 Å². The van der Waals surface area contributed by atoms with Crippen molar-refractivity contribution in [2.45, 2.75) is 19.8 Å². The zero-order chi connectivity index (χ0) is 22.0. The molecule has 1 amide bonds. The molecule has 162 valence electrons. The fraction of sp³-hybridized carbons (Fsp3) is 0.286. The molecule has 0 saturated carbocycles. The van der Waals surface area contributed by atoms with Crippen molar-refractivity contribution in [3.8, 4) is 11.5 Å². The second-order valence-electron chi connectivity index (χ2n) is 6.35. The van der Waals surface area contributed by atoms with Gasteiger partial charge in [0.2, 0.25) is 0 Å². The summed E-state index contributed by atoms with van der Waals surface area (Å²) in [5, 5.41) is 2.61. The molecule has 0 aliphatic rings. The van der Waals surface area contributed by atoms with Gasteiger partial charge in [0.25, 0.3) is 15.9 Å². The normalized spacial score (nSPS) is 11.3. The third-order valence-corrected chi connectivity index (χ3v) is 4.97. The summed E-state index contributed by atoms with van der Waals surface area (Å²) in [7, 11) is -2.41. The molecule has 0 aliphatic heterocycles. The molecule has 2 aromatic carbocycles. The highest BCUT2D eigenvalue weighted by atomic mass is 32.2. The highest BCUT2D eigenvalue weighted by molar-refractivity contribution is 7.90. The highest BCUT2D eigenvalue weighted by Gasteiger charge is 2.13. The van der Waals surface area contributed by atoms with Gasteiger partial charge in [0, 0.05) is 11.8 Å². The lowest BCUT2D eigenvalue weighted by Gasteiger charge is -2.11. The number of rotatable bonds is 11. The smallest absolute Gasteiger partial charge is 0.257 e. The van der Waals surface area contributed by atoms with E-state index >= 15 is 0 Å². The van der Waals surface area contributed by atoms with Gasteiger partial charge in [-0.25, -0.2) is 17.5 Å². The van der Waals surface area contributed by atoms with Crippen molar-refractivity contribution in [1.82, 2.24) is 4.72 Å². The molecule has 2 N–H and O–H groups in total. The van der Waals surface area contributed by atoms with Gasteiger partial charge < -0.3 is 14.8 Å². The van der Waals surface area contributed by atoms with Crippen molar-refractivity contribution in [2.24, 2.45) is 0 Å². The van der Waals surface area contributed by atoms with E-state index < -0.39 is 27.6 Å². The van der Waals surface area contributed by atoms with Crippen LogP contribution < -0.4 is 19.5 Å². The van der Waals surface area contributed by atoms with E-state index in [1.807, 2.05) is 4.72 Å². The summed E-state index contributed by atoms with van der Waals surface area (Å²) in [4.78, 5) is 12.0. The molecule has 0 spiro atoms. The maximum absolute atomic E-state index is 12.9. The Morgan fingerprint density at radius 2 is 1.87 bits per heavy atom. The predicted molar refractivity (Wildman–Crippen MR) is 114 cm³/mol. The van der Waals surface area contributed by atoms with Crippen molar-refractivity contribution < 1.29 is 27.1 Å². The lowest BCUT2D eigenvalue weighted by Crippen LogP contribution is -2.33. The van der Waals surface area contributed by atoms with Gasteiger partial charge in [0.15, 0.2) is 11.5 Å². The first kappa shape index (κ1) is 23.2. The molecule has 30 heavy (non-hydrogen) atoms. The van der Waals surface area contributed by atoms with Crippen LogP contribution in [0.5, 0.6) is 11.5 Å². The molecular weight excluding hydrogens is 411 g/mol. The minimum absolute atomic E-state index is 0.415. The molecule has 0 heterocycles. The van der Waals surface area contributed by atoms with Gasteiger partial charge >= 0.3 is 0 Å². The van der Waals surface area contributed by atoms with Gasteiger partial charge in [-0.15, -0.1) is 0 Å². The Morgan fingerprint density at radius 1 is 1.13 bits per heavy atom. The Kier molecular flexibility index (Phi) is 8.67. The summed E-state index contributed by atoms with van der Waals surface area (Å²) in [6.45, 7) is 2.65. The average Bonchev–Trinajstić information content (AvgIpc) is 2.72. The molecule has 9 heteroatoms. The Balaban J connectivity index is 1.93. The van der Waals surface area contributed by atoms with Crippen LogP contribution in [-0.2, 0) is 14.8 Å². The second-order valence-corrected chi connectivity index (χ2v) is 8.08. The summed E-state index contributed by atoms with van der Waals surface area (Å²) in [5.74, 6) is -0.639. The van der Waals surface area contributed by atoms with Crippen molar-refractivity contribution in [2.75, 3.05) is 24.9 Å². The van der Waals surface area contributed by atoms with Crippen LogP contribution in [0.2, 0.25) is 0 Å². The highest BCUT2D eigenvalue weighted by Crippen LogP contribution is 2.28. The maximum atomic E-state index is 12.9. The van der Waals surface area contributed by atoms with Crippen molar-refractivity contribution in [3.05, 3.63) is 59.9 Å². The van der Waals surface area contributed by atoms with Crippen LogP contribution in [0.1, 0.15) is 25.3 Å². The van der Waals surface area contributed by atoms with E-state index in [-0.39, 0.29) is 0 Å². The van der Waals surface area contributed by atoms with Gasteiger partial charge in [0.05, 0.1) is 13.7 Å². The Hall–Kier alpha value is -3.07. The lowest BCUT2D eigenvalue weighted by molar-refractivity contribution is -0.114. The van der Waals surface area contributed by atoms with Crippen LogP contribution in [0.4, 0.5) is 10.1 Å². The number of halogens is 1. The summed E-state index contributed by atoms with van der Waals surface area (Å²) in [6, 6.07) is 10.4. The first-order valence-electron chi connectivity index (χ1n) is 9.36. The molecule has 0 saturated heterocycles. The van der Waals surface area contributed by atoms with E-state index in [4.69, 9.17) is 9.47 Å². The zero-order valence-corrected chi connectivity index (χ0v) is 17.7. The van der Waals surface area contributed by atoms with Crippen LogP contribution in [-0.4, -0.2) is 33.9 Å². The van der Waals surface area contributed by atoms with Crippen LogP contribution in [0.25, 0.3) is 6.08 Å². The minimum atomic E-state index is -3.93. The van der Waals surface area contributed by atoms with E-state index in [0.717, 1.165) is 18.9 Å². The number of sulfonamides is 1. The number of carbonyl (C=O) groups is 1. The number of benzene rings is 2. The zero-order valence-electron chi connectivity index (χ0n) is 16.9. The molecular formula is C21H25FN2O5S. The third-order valence-electron chi connectivity index (χ3n) is 3.94. The number of ether oxygens (including phenoxy) is 2. The molecule has 0 aliphatic carbocycles. The summed E-state index contributed by atoms with van der Waals surface area (Å²) < 4.78 is 49.8. The first-order valence-corrected chi connectivity index (χ1v) is 11.0. The number of nitrogens with one attached hydrogen (secondary N) is 2. The number of carbonyl (C=O) groups excluding carboxylic acids is 1. The van der Waals surface area contributed by atoms with E-state index in [1.165, 1.54) is 37.5 Å². The van der Waals surface area contributed by atoms with Crippen molar-refractivity contribution >= 4 is 27.7 Å². The third kappa shape index (κ3) is 7.75. The average molecular weight is 437 g/mol. The van der Waals surface area contributed by atoms with Gasteiger partial charge in [0.1, 0.15) is 11.7 Å². The number of unbranched alkanes of at least 4 members (excludes halogenated alkanes) is 1. The van der Waals surface area contributed by atoms with Crippen LogP contribution in [0.3, 0.4) is 0 Å². The summed E-state index contributed by atoms with van der Waals surface area (Å²) >= 11 is 0. The van der Waals surface area contributed by atoms with Gasteiger partial charge in [-0.1, -0.05) is 19.4 Å². The monoisotopic (exact) mass is 436 g/mol. The van der Waals surface area contributed by atoms with E-state index in [2.05, 4.69) is 12.2 Å². The standard InChI is InChI=1S/C21H25FN2O5S/c1-3-4-13-29-19-11-5-16(14-20(19)28-2)6-12-21(25)24-30(26,27)15-23-18-9-7-17(22)8-10-18/h5-12,14,23H,3-4,13,15H2,1-2H3,(H,24,25)/b12-6+. The molecule has 0 unspecified atom stereocenters. The van der Waals surface area contributed by atoms with Crippen molar-refractivity contribution in [3.63, 3.8) is 0 Å². The Bertz CT molecular complexity index is 975. The quantitative estimate of drug-likeness (QED) is 0.413. The van der Waals surface area contributed by atoms with E-state index in [0.29, 0.717) is 29.4 Å². The number of amides is 1. The van der Waals surface area contributed by atoms with Crippen LogP contribution >= 0.6 is 0 Å². The Morgan fingerprint density at radius 3 is 2.53 bits per heavy atom. The van der Waals surface area contributed by atoms with Gasteiger partial charge in [-0.05, 0) is 54.5 Å². The maximum Gasteiger partial charge on any atom is 0.257 e. The molecule has 0 radical (unpaired) electrons.